The van der Waals surface area contributed by atoms with E-state index in [9.17, 15) is 9.18 Å². The summed E-state index contributed by atoms with van der Waals surface area (Å²) in [6, 6.07) is 14.9. The quantitative estimate of drug-likeness (QED) is 0.855. The molecule has 2 aromatic rings. The lowest BCUT2D eigenvalue weighted by molar-refractivity contribution is -0.135. The summed E-state index contributed by atoms with van der Waals surface area (Å²) in [5, 5.41) is 4.29. The lowest BCUT2D eigenvalue weighted by Gasteiger charge is -2.40. The molecule has 2 saturated heterocycles. The molecular weight excluding hydrogens is 363 g/mol. The van der Waals surface area contributed by atoms with E-state index in [0.717, 1.165) is 37.1 Å². The molecule has 2 aromatic carbocycles. The number of rotatable bonds is 4. The lowest BCUT2D eigenvalue weighted by Crippen LogP contribution is -2.52. The smallest absolute Gasteiger partial charge is 0.223 e. The Morgan fingerprint density at radius 2 is 2.04 bits per heavy atom. The number of halogens is 2. The second kappa shape index (κ2) is 7.99. The van der Waals surface area contributed by atoms with E-state index in [1.54, 1.807) is 0 Å². The molecule has 4 rings (SSSR count). The Balaban J connectivity index is 1.48. The molecule has 142 valence electrons. The van der Waals surface area contributed by atoms with E-state index < -0.39 is 0 Å². The van der Waals surface area contributed by atoms with Gasteiger partial charge in [-0.1, -0.05) is 35.9 Å². The molecule has 2 heterocycles. The SMILES string of the molecule is O=C(CCc1cccc(Cl)c1)N1CCC[C@H]2NC[C@H](c3ccc(F)cc3)[C@H]21. The monoisotopic (exact) mass is 386 g/mol. The third kappa shape index (κ3) is 4.02. The minimum absolute atomic E-state index is 0.149. The minimum Gasteiger partial charge on any atom is -0.337 e. The summed E-state index contributed by atoms with van der Waals surface area (Å²) in [6.07, 6.45) is 3.29. The van der Waals surface area contributed by atoms with Crippen LogP contribution in [0.4, 0.5) is 4.39 Å². The van der Waals surface area contributed by atoms with Crippen LogP contribution in [-0.4, -0.2) is 36.0 Å². The van der Waals surface area contributed by atoms with Crippen LogP contribution < -0.4 is 5.32 Å². The maximum atomic E-state index is 13.3. The van der Waals surface area contributed by atoms with Gasteiger partial charge >= 0.3 is 0 Å². The van der Waals surface area contributed by atoms with Crippen molar-refractivity contribution in [3.63, 3.8) is 0 Å². The van der Waals surface area contributed by atoms with Gasteiger partial charge in [0.1, 0.15) is 5.82 Å². The van der Waals surface area contributed by atoms with Gasteiger partial charge in [-0.25, -0.2) is 4.39 Å². The second-order valence-corrected chi connectivity index (χ2v) is 7.96. The van der Waals surface area contributed by atoms with Gasteiger partial charge < -0.3 is 10.2 Å². The van der Waals surface area contributed by atoms with Crippen LogP contribution in [0.25, 0.3) is 0 Å². The van der Waals surface area contributed by atoms with Crippen molar-refractivity contribution >= 4 is 17.5 Å². The number of aryl methyl sites for hydroxylation is 1. The van der Waals surface area contributed by atoms with Crippen molar-refractivity contribution in [3.8, 4) is 0 Å². The molecule has 0 unspecified atom stereocenters. The molecule has 1 N–H and O–H groups in total. The molecule has 0 radical (unpaired) electrons. The number of nitrogens with one attached hydrogen (secondary N) is 1. The zero-order chi connectivity index (χ0) is 18.8. The second-order valence-electron chi connectivity index (χ2n) is 7.52. The largest absolute Gasteiger partial charge is 0.337 e. The standard InChI is InChI=1S/C22H24ClFN2O/c23-17-4-1-3-15(13-17)6-11-21(27)26-12-2-5-20-22(26)19(14-25-20)16-7-9-18(24)10-8-16/h1,3-4,7-10,13,19-20,22,25H,2,5-6,11-12,14H2/t19-,20-,22-/m1/s1. The summed E-state index contributed by atoms with van der Waals surface area (Å²) < 4.78 is 13.3. The summed E-state index contributed by atoms with van der Waals surface area (Å²) >= 11 is 6.05. The van der Waals surface area contributed by atoms with Crippen LogP contribution in [-0.2, 0) is 11.2 Å². The number of amides is 1. The molecule has 0 saturated carbocycles. The first kappa shape index (κ1) is 18.5. The Labute approximate surface area is 164 Å². The van der Waals surface area contributed by atoms with Gasteiger partial charge in [0, 0.05) is 36.5 Å². The molecule has 27 heavy (non-hydrogen) atoms. The first-order chi connectivity index (χ1) is 13.1. The summed E-state index contributed by atoms with van der Waals surface area (Å²) in [7, 11) is 0. The summed E-state index contributed by atoms with van der Waals surface area (Å²) in [5.41, 5.74) is 2.19. The van der Waals surface area contributed by atoms with E-state index in [1.165, 1.54) is 12.1 Å². The van der Waals surface area contributed by atoms with Crippen molar-refractivity contribution in [1.82, 2.24) is 10.2 Å². The van der Waals surface area contributed by atoms with E-state index in [0.29, 0.717) is 23.9 Å². The number of fused-ring (bicyclic) bond motifs is 1. The van der Waals surface area contributed by atoms with E-state index in [-0.39, 0.29) is 23.7 Å². The van der Waals surface area contributed by atoms with Gasteiger partial charge in [-0.2, -0.15) is 0 Å². The number of nitrogens with zero attached hydrogens (tertiary/aromatic N) is 1. The van der Waals surface area contributed by atoms with Crippen molar-refractivity contribution in [3.05, 3.63) is 70.5 Å². The normalized spacial score (nSPS) is 24.7. The van der Waals surface area contributed by atoms with E-state index in [1.807, 2.05) is 36.4 Å². The molecule has 5 heteroatoms. The minimum atomic E-state index is -0.223. The summed E-state index contributed by atoms with van der Waals surface area (Å²) in [6.45, 7) is 1.63. The number of hydrogen-bond acceptors (Lipinski definition) is 2. The Bertz CT molecular complexity index is 810. The lowest BCUT2D eigenvalue weighted by atomic mass is 9.86. The van der Waals surface area contributed by atoms with Crippen LogP contribution in [0.3, 0.4) is 0 Å². The summed E-state index contributed by atoms with van der Waals surface area (Å²) in [5.74, 6) is 0.186. The Morgan fingerprint density at radius 1 is 1.22 bits per heavy atom. The zero-order valence-electron chi connectivity index (χ0n) is 15.2. The Hall–Kier alpha value is -1.91. The fourth-order valence-electron chi connectivity index (χ4n) is 4.54. The van der Waals surface area contributed by atoms with E-state index in [4.69, 9.17) is 11.6 Å². The maximum absolute atomic E-state index is 13.3. The van der Waals surface area contributed by atoms with Gasteiger partial charge in [0.15, 0.2) is 0 Å². The van der Waals surface area contributed by atoms with Crippen molar-refractivity contribution in [1.29, 1.82) is 0 Å². The Morgan fingerprint density at radius 3 is 2.81 bits per heavy atom. The van der Waals surface area contributed by atoms with Gasteiger partial charge in [0.25, 0.3) is 0 Å². The number of carbonyl (C=O) groups is 1. The number of carbonyl (C=O) groups excluding carboxylic acids is 1. The molecular formula is C22H24ClFN2O. The summed E-state index contributed by atoms with van der Waals surface area (Å²) in [4.78, 5) is 15.1. The fraction of sp³-hybridized carbons (Fsp3) is 0.409. The van der Waals surface area contributed by atoms with Crippen LogP contribution in [0.2, 0.25) is 5.02 Å². The van der Waals surface area contributed by atoms with Gasteiger partial charge in [0.2, 0.25) is 5.91 Å². The van der Waals surface area contributed by atoms with Crippen molar-refractivity contribution in [2.75, 3.05) is 13.1 Å². The molecule has 0 aromatic heterocycles. The first-order valence-electron chi connectivity index (χ1n) is 9.64. The van der Waals surface area contributed by atoms with E-state index in [2.05, 4.69) is 10.2 Å². The molecule has 0 spiro atoms. The third-order valence-corrected chi connectivity index (χ3v) is 6.07. The van der Waals surface area contributed by atoms with Crippen molar-refractivity contribution < 1.29 is 9.18 Å². The molecule has 2 aliphatic rings. The predicted octanol–water partition coefficient (Wildman–Crippen LogP) is 4.16. The molecule has 2 aliphatic heterocycles. The number of piperidine rings is 1. The van der Waals surface area contributed by atoms with E-state index >= 15 is 0 Å². The van der Waals surface area contributed by atoms with Gasteiger partial charge in [-0.05, 0) is 54.7 Å². The first-order valence-corrected chi connectivity index (χ1v) is 10.0. The van der Waals surface area contributed by atoms with Crippen LogP contribution in [0.15, 0.2) is 48.5 Å². The maximum Gasteiger partial charge on any atom is 0.223 e. The van der Waals surface area contributed by atoms with Crippen LogP contribution >= 0.6 is 11.6 Å². The molecule has 3 nitrogen and oxygen atoms in total. The van der Waals surface area contributed by atoms with Gasteiger partial charge in [-0.15, -0.1) is 0 Å². The predicted molar refractivity (Wildman–Crippen MR) is 105 cm³/mol. The van der Waals surface area contributed by atoms with Crippen LogP contribution in [0.5, 0.6) is 0 Å². The highest BCUT2D eigenvalue weighted by Crippen LogP contribution is 2.35. The fourth-order valence-corrected chi connectivity index (χ4v) is 4.75. The molecule has 0 bridgehead atoms. The average Bonchev–Trinajstić information content (AvgIpc) is 3.11. The highest BCUT2D eigenvalue weighted by Gasteiger charge is 2.43. The van der Waals surface area contributed by atoms with Gasteiger partial charge in [-0.3, -0.25) is 4.79 Å². The van der Waals surface area contributed by atoms with Crippen LogP contribution in [0, 0.1) is 5.82 Å². The zero-order valence-corrected chi connectivity index (χ0v) is 16.0. The molecule has 1 amide bonds. The van der Waals surface area contributed by atoms with Crippen LogP contribution in [0.1, 0.15) is 36.3 Å². The molecule has 0 aliphatic carbocycles. The average molecular weight is 387 g/mol. The number of benzene rings is 2. The number of likely N-dealkylation sites (tertiary alicyclic amines) is 1. The van der Waals surface area contributed by atoms with Crippen molar-refractivity contribution in [2.24, 2.45) is 0 Å². The highest BCUT2D eigenvalue weighted by atomic mass is 35.5. The Kier molecular flexibility index (Phi) is 5.46. The molecule has 2 fully saturated rings. The number of hydrogen-bond donors (Lipinski definition) is 1. The molecule has 3 atom stereocenters. The van der Waals surface area contributed by atoms with Crippen molar-refractivity contribution in [2.45, 2.75) is 43.7 Å². The topological polar surface area (TPSA) is 32.3 Å². The highest BCUT2D eigenvalue weighted by molar-refractivity contribution is 6.30. The van der Waals surface area contributed by atoms with Gasteiger partial charge in [0.05, 0.1) is 6.04 Å². The third-order valence-electron chi connectivity index (χ3n) is 5.83.